The van der Waals surface area contributed by atoms with Crippen LogP contribution in [-0.2, 0) is 5.41 Å². The molecular weight excluding hydrogens is 212 g/mol. The second-order valence-corrected chi connectivity index (χ2v) is 5.99. The first-order chi connectivity index (χ1) is 7.84. The first kappa shape index (κ1) is 12.4. The van der Waals surface area contributed by atoms with Gasteiger partial charge in [-0.25, -0.2) is 0 Å². The number of aryl methyl sites for hydroxylation is 1. The lowest BCUT2D eigenvalue weighted by atomic mass is 9.84. The summed E-state index contributed by atoms with van der Waals surface area (Å²) in [6.07, 6.45) is 0.266. The SMILES string of the molecule is CCC1Oc2c(cc(C)cc2C(C)(C)C)C1O. The fourth-order valence-electron chi connectivity index (χ4n) is 2.43. The molecule has 1 aliphatic heterocycles. The fraction of sp³-hybridized carbons (Fsp3) is 0.600. The summed E-state index contributed by atoms with van der Waals surface area (Å²) in [6, 6.07) is 4.22. The highest BCUT2D eigenvalue weighted by molar-refractivity contribution is 5.51. The van der Waals surface area contributed by atoms with Crippen molar-refractivity contribution < 1.29 is 9.84 Å². The zero-order valence-electron chi connectivity index (χ0n) is 11.4. The third kappa shape index (κ3) is 2.06. The van der Waals surface area contributed by atoms with Gasteiger partial charge in [0.2, 0.25) is 0 Å². The Hall–Kier alpha value is -1.02. The lowest BCUT2D eigenvalue weighted by Crippen LogP contribution is -2.17. The van der Waals surface area contributed by atoms with E-state index in [1.165, 1.54) is 11.1 Å². The van der Waals surface area contributed by atoms with Crippen molar-refractivity contribution in [1.29, 1.82) is 0 Å². The third-order valence-electron chi connectivity index (χ3n) is 3.41. The van der Waals surface area contributed by atoms with E-state index in [1.807, 2.05) is 13.0 Å². The molecule has 0 aliphatic carbocycles. The van der Waals surface area contributed by atoms with E-state index >= 15 is 0 Å². The molecule has 1 heterocycles. The summed E-state index contributed by atoms with van der Waals surface area (Å²) in [4.78, 5) is 0. The van der Waals surface area contributed by atoms with E-state index in [9.17, 15) is 5.11 Å². The highest BCUT2D eigenvalue weighted by atomic mass is 16.5. The molecular formula is C15H22O2. The fourth-order valence-corrected chi connectivity index (χ4v) is 2.43. The summed E-state index contributed by atoms with van der Waals surface area (Å²) in [5.41, 5.74) is 3.38. The number of ether oxygens (including phenoxy) is 1. The summed E-state index contributed by atoms with van der Waals surface area (Å²) >= 11 is 0. The molecule has 0 fully saturated rings. The Morgan fingerprint density at radius 2 is 1.94 bits per heavy atom. The second-order valence-electron chi connectivity index (χ2n) is 5.99. The number of hydrogen-bond acceptors (Lipinski definition) is 2. The zero-order valence-corrected chi connectivity index (χ0v) is 11.4. The van der Waals surface area contributed by atoms with Gasteiger partial charge < -0.3 is 9.84 Å². The molecule has 2 nitrogen and oxygen atoms in total. The molecule has 0 amide bonds. The molecule has 0 spiro atoms. The number of aliphatic hydroxyl groups excluding tert-OH is 1. The summed E-state index contributed by atoms with van der Waals surface area (Å²) in [7, 11) is 0. The molecule has 2 atom stereocenters. The highest BCUT2D eigenvalue weighted by Crippen LogP contribution is 2.44. The quantitative estimate of drug-likeness (QED) is 0.806. The molecule has 94 valence electrons. The van der Waals surface area contributed by atoms with Crippen LogP contribution in [0, 0.1) is 6.92 Å². The summed E-state index contributed by atoms with van der Waals surface area (Å²) in [6.45, 7) is 10.6. The van der Waals surface area contributed by atoms with Gasteiger partial charge >= 0.3 is 0 Å². The van der Waals surface area contributed by atoms with E-state index in [-0.39, 0.29) is 11.5 Å². The summed E-state index contributed by atoms with van der Waals surface area (Å²) in [5, 5.41) is 10.2. The van der Waals surface area contributed by atoms with E-state index in [4.69, 9.17) is 4.74 Å². The number of rotatable bonds is 1. The number of fused-ring (bicyclic) bond motifs is 1. The topological polar surface area (TPSA) is 29.5 Å². The predicted octanol–water partition coefficient (Wildman–Crippen LogP) is 3.50. The van der Waals surface area contributed by atoms with E-state index in [0.29, 0.717) is 0 Å². The van der Waals surface area contributed by atoms with Crippen molar-refractivity contribution >= 4 is 0 Å². The third-order valence-corrected chi connectivity index (χ3v) is 3.41. The van der Waals surface area contributed by atoms with E-state index < -0.39 is 6.10 Å². The molecule has 2 rings (SSSR count). The first-order valence-corrected chi connectivity index (χ1v) is 6.34. The number of hydrogen-bond donors (Lipinski definition) is 1. The molecule has 2 unspecified atom stereocenters. The van der Waals surface area contributed by atoms with Crippen LogP contribution in [-0.4, -0.2) is 11.2 Å². The van der Waals surface area contributed by atoms with Crippen LogP contribution in [0.1, 0.15) is 56.9 Å². The molecule has 1 aromatic rings. The van der Waals surface area contributed by atoms with Crippen LogP contribution >= 0.6 is 0 Å². The highest BCUT2D eigenvalue weighted by Gasteiger charge is 2.35. The van der Waals surface area contributed by atoms with Crippen molar-refractivity contribution in [3.8, 4) is 5.75 Å². The van der Waals surface area contributed by atoms with Crippen molar-refractivity contribution in [2.24, 2.45) is 0 Å². The summed E-state index contributed by atoms with van der Waals surface area (Å²) in [5.74, 6) is 0.905. The van der Waals surface area contributed by atoms with Gasteiger partial charge in [-0.2, -0.15) is 0 Å². The Kier molecular flexibility index (Phi) is 2.94. The normalized spacial score (nSPS) is 23.4. The van der Waals surface area contributed by atoms with Gasteiger partial charge in [0.1, 0.15) is 18.0 Å². The molecule has 1 aromatic carbocycles. The molecule has 2 heteroatoms. The van der Waals surface area contributed by atoms with Gasteiger partial charge in [-0.05, 0) is 24.8 Å². The van der Waals surface area contributed by atoms with E-state index in [2.05, 4.69) is 33.8 Å². The number of aliphatic hydroxyl groups is 1. The van der Waals surface area contributed by atoms with E-state index in [1.54, 1.807) is 0 Å². The molecule has 0 radical (unpaired) electrons. The van der Waals surface area contributed by atoms with Crippen LogP contribution in [0.25, 0.3) is 0 Å². The molecule has 1 N–H and O–H groups in total. The standard InChI is InChI=1S/C15H22O2/c1-6-12-13(16)10-7-9(2)8-11(14(10)17-12)15(3,4)5/h7-8,12-13,16H,6H2,1-5H3. The van der Waals surface area contributed by atoms with Gasteiger partial charge in [-0.1, -0.05) is 39.3 Å². The average molecular weight is 234 g/mol. The molecule has 1 aliphatic rings. The van der Waals surface area contributed by atoms with Gasteiger partial charge in [0.25, 0.3) is 0 Å². The van der Waals surface area contributed by atoms with Crippen molar-refractivity contribution in [3.05, 3.63) is 28.8 Å². The maximum Gasteiger partial charge on any atom is 0.129 e. The molecule has 0 aromatic heterocycles. The Morgan fingerprint density at radius 1 is 1.29 bits per heavy atom. The van der Waals surface area contributed by atoms with Crippen LogP contribution in [0.4, 0.5) is 0 Å². The lowest BCUT2D eigenvalue weighted by molar-refractivity contribution is 0.0647. The zero-order chi connectivity index (χ0) is 12.8. The Morgan fingerprint density at radius 3 is 2.47 bits per heavy atom. The average Bonchev–Trinajstić information content (AvgIpc) is 2.54. The van der Waals surface area contributed by atoms with Gasteiger partial charge in [-0.3, -0.25) is 0 Å². The van der Waals surface area contributed by atoms with Crippen molar-refractivity contribution in [2.45, 2.75) is 58.7 Å². The van der Waals surface area contributed by atoms with Crippen molar-refractivity contribution in [2.75, 3.05) is 0 Å². The van der Waals surface area contributed by atoms with Crippen molar-refractivity contribution in [1.82, 2.24) is 0 Å². The minimum Gasteiger partial charge on any atom is -0.487 e. The van der Waals surface area contributed by atoms with Gasteiger partial charge in [0.05, 0.1) is 0 Å². The number of benzene rings is 1. The van der Waals surface area contributed by atoms with Crippen LogP contribution in [0.3, 0.4) is 0 Å². The van der Waals surface area contributed by atoms with E-state index in [0.717, 1.165) is 17.7 Å². The van der Waals surface area contributed by atoms with Gasteiger partial charge in [0.15, 0.2) is 0 Å². The maximum absolute atomic E-state index is 10.2. The van der Waals surface area contributed by atoms with Crippen LogP contribution in [0.5, 0.6) is 5.75 Å². The molecule has 17 heavy (non-hydrogen) atoms. The Balaban J connectivity index is 2.57. The van der Waals surface area contributed by atoms with Gasteiger partial charge in [0, 0.05) is 11.1 Å². The largest absolute Gasteiger partial charge is 0.487 e. The molecule has 0 bridgehead atoms. The van der Waals surface area contributed by atoms with Crippen LogP contribution < -0.4 is 4.74 Å². The predicted molar refractivity (Wildman–Crippen MR) is 69.5 cm³/mol. The summed E-state index contributed by atoms with van der Waals surface area (Å²) < 4.78 is 5.93. The maximum atomic E-state index is 10.2. The monoisotopic (exact) mass is 234 g/mol. The second kappa shape index (κ2) is 4.02. The van der Waals surface area contributed by atoms with Crippen LogP contribution in [0.2, 0.25) is 0 Å². The minimum atomic E-state index is -0.476. The van der Waals surface area contributed by atoms with Crippen molar-refractivity contribution in [3.63, 3.8) is 0 Å². The minimum absolute atomic E-state index is 0.0401. The lowest BCUT2D eigenvalue weighted by Gasteiger charge is -2.23. The Bertz CT molecular complexity index is 429. The Labute approximate surface area is 104 Å². The van der Waals surface area contributed by atoms with Crippen LogP contribution in [0.15, 0.2) is 12.1 Å². The smallest absolute Gasteiger partial charge is 0.129 e. The molecule has 0 saturated heterocycles. The first-order valence-electron chi connectivity index (χ1n) is 6.34. The van der Waals surface area contributed by atoms with Gasteiger partial charge in [-0.15, -0.1) is 0 Å². The molecule has 0 saturated carbocycles.